The van der Waals surface area contributed by atoms with E-state index in [1.807, 2.05) is 16.8 Å². The smallest absolute Gasteiger partial charge is 0.0798 e. The van der Waals surface area contributed by atoms with E-state index in [0.29, 0.717) is 0 Å². The van der Waals surface area contributed by atoms with Gasteiger partial charge in [0, 0.05) is 29.5 Å². The van der Waals surface area contributed by atoms with Crippen molar-refractivity contribution in [3.63, 3.8) is 0 Å². The molecule has 4 heteroatoms. The van der Waals surface area contributed by atoms with Crippen LogP contribution in [0, 0.1) is 6.92 Å². The van der Waals surface area contributed by atoms with Crippen LogP contribution in [0.3, 0.4) is 0 Å². The van der Waals surface area contributed by atoms with Gasteiger partial charge in [0.25, 0.3) is 0 Å². The summed E-state index contributed by atoms with van der Waals surface area (Å²) in [7, 11) is 0. The van der Waals surface area contributed by atoms with Crippen LogP contribution in [0.1, 0.15) is 43.2 Å². The second-order valence-electron chi connectivity index (χ2n) is 5.64. The third-order valence-corrected chi connectivity index (χ3v) is 5.47. The normalized spacial score (nSPS) is 32.0. The van der Waals surface area contributed by atoms with Crippen molar-refractivity contribution in [2.24, 2.45) is 0 Å². The molecule has 3 rings (SSSR count). The fourth-order valence-corrected chi connectivity index (χ4v) is 4.42. The monoisotopic (exact) mass is 265 g/mol. The van der Waals surface area contributed by atoms with E-state index in [0.717, 1.165) is 31.2 Å². The van der Waals surface area contributed by atoms with Gasteiger partial charge in [-0.1, -0.05) is 6.92 Å². The number of hydrogen-bond donors (Lipinski definition) is 1. The Morgan fingerprint density at radius 2 is 2.11 bits per heavy atom. The summed E-state index contributed by atoms with van der Waals surface area (Å²) < 4.78 is 0. The molecule has 1 aromatic heterocycles. The van der Waals surface area contributed by atoms with Crippen LogP contribution < -0.4 is 5.32 Å². The average Bonchev–Trinajstić information content (AvgIpc) is 2.84. The predicted molar refractivity (Wildman–Crippen MR) is 75.9 cm³/mol. The number of nitrogens with one attached hydrogen (secondary N) is 1. The van der Waals surface area contributed by atoms with Gasteiger partial charge in [0.1, 0.15) is 0 Å². The highest BCUT2D eigenvalue weighted by Crippen LogP contribution is 2.37. The van der Waals surface area contributed by atoms with E-state index in [1.54, 1.807) is 0 Å². The SMILES string of the molecule is CCNC1CC2CCC(C1)N2Cc1scnc1C. The summed E-state index contributed by atoms with van der Waals surface area (Å²) in [5, 5.41) is 3.64. The molecule has 2 unspecified atom stereocenters. The maximum absolute atomic E-state index is 4.38. The minimum Gasteiger partial charge on any atom is -0.314 e. The first-order valence-corrected chi connectivity index (χ1v) is 8.04. The van der Waals surface area contributed by atoms with Crippen molar-refractivity contribution >= 4 is 11.3 Å². The summed E-state index contributed by atoms with van der Waals surface area (Å²) in [5.41, 5.74) is 3.21. The Morgan fingerprint density at radius 1 is 1.39 bits per heavy atom. The molecular formula is C14H23N3S. The van der Waals surface area contributed by atoms with Crippen LogP contribution in [0.25, 0.3) is 0 Å². The van der Waals surface area contributed by atoms with Gasteiger partial charge in [-0.2, -0.15) is 0 Å². The molecule has 2 aliphatic heterocycles. The Balaban J connectivity index is 1.67. The third-order valence-electron chi connectivity index (χ3n) is 4.55. The highest BCUT2D eigenvalue weighted by Gasteiger charge is 2.40. The van der Waals surface area contributed by atoms with E-state index in [4.69, 9.17) is 0 Å². The fraction of sp³-hybridized carbons (Fsp3) is 0.786. The van der Waals surface area contributed by atoms with E-state index in [1.165, 1.54) is 36.3 Å². The molecule has 2 atom stereocenters. The van der Waals surface area contributed by atoms with Crippen molar-refractivity contribution in [2.45, 2.75) is 64.2 Å². The van der Waals surface area contributed by atoms with Crippen molar-refractivity contribution in [3.05, 3.63) is 16.1 Å². The Morgan fingerprint density at radius 3 is 2.67 bits per heavy atom. The Kier molecular flexibility index (Phi) is 3.68. The molecule has 0 aromatic carbocycles. The summed E-state index contributed by atoms with van der Waals surface area (Å²) in [6, 6.07) is 2.36. The molecule has 2 fully saturated rings. The van der Waals surface area contributed by atoms with Crippen molar-refractivity contribution < 1.29 is 0 Å². The number of piperidine rings is 1. The summed E-state index contributed by atoms with van der Waals surface area (Å²) >= 11 is 1.82. The van der Waals surface area contributed by atoms with E-state index < -0.39 is 0 Å². The van der Waals surface area contributed by atoms with Crippen LogP contribution in [0.2, 0.25) is 0 Å². The summed E-state index contributed by atoms with van der Waals surface area (Å²) in [6.45, 7) is 6.59. The molecule has 0 amide bonds. The van der Waals surface area contributed by atoms with Gasteiger partial charge in [0.15, 0.2) is 0 Å². The lowest BCUT2D eigenvalue weighted by Crippen LogP contribution is -2.48. The molecule has 0 aliphatic carbocycles. The second-order valence-corrected chi connectivity index (χ2v) is 6.58. The number of rotatable bonds is 4. The topological polar surface area (TPSA) is 28.2 Å². The summed E-state index contributed by atoms with van der Waals surface area (Å²) in [4.78, 5) is 8.59. The lowest BCUT2D eigenvalue weighted by molar-refractivity contribution is 0.111. The molecular weight excluding hydrogens is 242 g/mol. The quantitative estimate of drug-likeness (QED) is 0.907. The lowest BCUT2D eigenvalue weighted by Gasteiger charge is -2.39. The zero-order chi connectivity index (χ0) is 12.5. The van der Waals surface area contributed by atoms with Gasteiger partial charge in [-0.05, 0) is 39.2 Å². The van der Waals surface area contributed by atoms with Crippen molar-refractivity contribution in [3.8, 4) is 0 Å². The van der Waals surface area contributed by atoms with Crippen LogP contribution in [0.5, 0.6) is 0 Å². The predicted octanol–water partition coefficient (Wildman–Crippen LogP) is 2.56. The minimum atomic E-state index is 0.756. The van der Waals surface area contributed by atoms with Gasteiger partial charge in [0.05, 0.1) is 11.2 Å². The molecule has 1 N–H and O–H groups in total. The molecule has 2 saturated heterocycles. The largest absolute Gasteiger partial charge is 0.314 e. The molecule has 18 heavy (non-hydrogen) atoms. The van der Waals surface area contributed by atoms with Gasteiger partial charge in [-0.15, -0.1) is 11.3 Å². The van der Waals surface area contributed by atoms with Crippen LogP contribution in [-0.2, 0) is 6.54 Å². The maximum Gasteiger partial charge on any atom is 0.0798 e. The molecule has 0 spiro atoms. The number of aromatic nitrogens is 1. The van der Waals surface area contributed by atoms with Crippen LogP contribution in [0.15, 0.2) is 5.51 Å². The van der Waals surface area contributed by atoms with E-state index in [2.05, 4.69) is 29.0 Å². The average molecular weight is 265 g/mol. The van der Waals surface area contributed by atoms with Gasteiger partial charge in [-0.25, -0.2) is 4.98 Å². The number of nitrogens with zero attached hydrogens (tertiary/aromatic N) is 2. The second kappa shape index (κ2) is 5.27. The van der Waals surface area contributed by atoms with E-state index in [9.17, 15) is 0 Å². The zero-order valence-electron chi connectivity index (χ0n) is 11.4. The van der Waals surface area contributed by atoms with Crippen molar-refractivity contribution in [1.82, 2.24) is 15.2 Å². The number of fused-ring (bicyclic) bond motifs is 2. The molecule has 1 aromatic rings. The zero-order valence-corrected chi connectivity index (χ0v) is 12.2. The first kappa shape index (κ1) is 12.6. The van der Waals surface area contributed by atoms with Crippen molar-refractivity contribution in [2.75, 3.05) is 6.54 Å². The third kappa shape index (κ3) is 2.33. The summed E-state index contributed by atoms with van der Waals surface area (Å²) in [6.07, 6.45) is 5.46. The number of aryl methyl sites for hydroxylation is 1. The first-order chi connectivity index (χ1) is 8.78. The van der Waals surface area contributed by atoms with Gasteiger partial charge in [-0.3, -0.25) is 4.90 Å². The molecule has 100 valence electrons. The van der Waals surface area contributed by atoms with Gasteiger partial charge < -0.3 is 5.32 Å². The fourth-order valence-electron chi connectivity index (χ4n) is 3.63. The highest BCUT2D eigenvalue weighted by molar-refractivity contribution is 7.09. The standard InChI is InChI=1S/C14H23N3S/c1-3-15-11-6-12-4-5-13(7-11)17(12)8-14-10(2)16-9-18-14/h9,11-13,15H,3-8H2,1-2H3. The van der Waals surface area contributed by atoms with Crippen molar-refractivity contribution in [1.29, 1.82) is 0 Å². The van der Waals surface area contributed by atoms with Crippen LogP contribution >= 0.6 is 11.3 Å². The Hall–Kier alpha value is -0.450. The summed E-state index contributed by atoms with van der Waals surface area (Å²) in [5.74, 6) is 0. The molecule has 0 radical (unpaired) electrons. The molecule has 2 aliphatic rings. The Labute approximate surface area is 114 Å². The Bertz CT molecular complexity index is 389. The van der Waals surface area contributed by atoms with Crippen LogP contribution in [-0.4, -0.2) is 34.6 Å². The molecule has 2 bridgehead atoms. The minimum absolute atomic E-state index is 0.756. The lowest BCUT2D eigenvalue weighted by atomic mass is 9.97. The highest BCUT2D eigenvalue weighted by atomic mass is 32.1. The molecule has 3 nitrogen and oxygen atoms in total. The van der Waals surface area contributed by atoms with E-state index >= 15 is 0 Å². The van der Waals surface area contributed by atoms with E-state index in [-0.39, 0.29) is 0 Å². The van der Waals surface area contributed by atoms with Crippen LogP contribution in [0.4, 0.5) is 0 Å². The number of hydrogen-bond acceptors (Lipinski definition) is 4. The molecule has 3 heterocycles. The number of thiazole rings is 1. The maximum atomic E-state index is 4.38. The van der Waals surface area contributed by atoms with Gasteiger partial charge in [0.2, 0.25) is 0 Å². The molecule has 0 saturated carbocycles. The first-order valence-electron chi connectivity index (χ1n) is 7.16. The van der Waals surface area contributed by atoms with Gasteiger partial charge >= 0.3 is 0 Å².